The highest BCUT2D eigenvalue weighted by atomic mass is 35.5. The largest absolute Gasteiger partial charge is 0.497 e. The molecule has 0 aliphatic heterocycles. The van der Waals surface area contributed by atoms with Gasteiger partial charge in [-0.15, -0.1) is 15.3 Å². The average molecular weight is 520 g/mol. The Hall–Kier alpha value is -3.61. The molecule has 0 amide bonds. The zero-order valence-electron chi connectivity index (χ0n) is 19.1. The number of methoxy groups -OCH3 is 3. The van der Waals surface area contributed by atoms with Crippen LogP contribution in [0.3, 0.4) is 0 Å². The van der Waals surface area contributed by atoms with Crippen molar-refractivity contribution in [3.63, 3.8) is 0 Å². The summed E-state index contributed by atoms with van der Waals surface area (Å²) in [7, 11) is 0.625. The Bertz CT molecular complexity index is 1460. The number of fused-ring (bicyclic) bond motifs is 1. The van der Waals surface area contributed by atoms with Gasteiger partial charge in [0.25, 0.3) is 0 Å². The molecule has 2 aromatic heterocycles. The highest BCUT2D eigenvalue weighted by molar-refractivity contribution is 7.89. The number of sulfonamides is 1. The van der Waals surface area contributed by atoms with Crippen molar-refractivity contribution in [3.05, 3.63) is 53.6 Å². The van der Waals surface area contributed by atoms with Crippen molar-refractivity contribution in [2.24, 2.45) is 0 Å². The van der Waals surface area contributed by atoms with Crippen LogP contribution >= 0.6 is 11.6 Å². The van der Waals surface area contributed by atoms with Crippen molar-refractivity contribution < 1.29 is 27.4 Å². The van der Waals surface area contributed by atoms with Gasteiger partial charge in [0, 0.05) is 17.6 Å². The minimum absolute atomic E-state index is 0.0144. The number of halogens is 1. The summed E-state index contributed by atoms with van der Waals surface area (Å²) in [6.45, 7) is -0.00296. The summed E-state index contributed by atoms with van der Waals surface area (Å²) in [6, 6.07) is 13.0. The van der Waals surface area contributed by atoms with Crippen LogP contribution in [0.4, 0.5) is 0 Å². The fraction of sp³-hybridized carbons (Fsp3) is 0.227. The smallest absolute Gasteiger partial charge is 0.244 e. The number of hydrogen-bond acceptors (Lipinski definition) is 9. The highest BCUT2D eigenvalue weighted by Gasteiger charge is 2.20. The maximum absolute atomic E-state index is 12.7. The lowest BCUT2D eigenvalue weighted by Crippen LogP contribution is -2.28. The van der Waals surface area contributed by atoms with Gasteiger partial charge in [0.2, 0.25) is 15.9 Å². The van der Waals surface area contributed by atoms with E-state index in [2.05, 4.69) is 20.0 Å². The topological polar surface area (TPSA) is 126 Å². The predicted molar refractivity (Wildman–Crippen MR) is 128 cm³/mol. The van der Waals surface area contributed by atoms with Gasteiger partial charge >= 0.3 is 0 Å². The van der Waals surface area contributed by atoms with Crippen molar-refractivity contribution >= 4 is 27.3 Å². The van der Waals surface area contributed by atoms with E-state index in [4.69, 9.17) is 30.5 Å². The van der Waals surface area contributed by atoms with Gasteiger partial charge in [-0.1, -0.05) is 11.6 Å². The molecule has 11 nitrogen and oxygen atoms in total. The zero-order chi connectivity index (χ0) is 25.0. The number of nitrogens with zero attached hydrogens (tertiary/aromatic N) is 4. The number of hydrogen-bond donors (Lipinski definition) is 1. The number of benzene rings is 2. The zero-order valence-corrected chi connectivity index (χ0v) is 20.6. The first kappa shape index (κ1) is 24.5. The minimum Gasteiger partial charge on any atom is -0.497 e. The van der Waals surface area contributed by atoms with Crippen LogP contribution in [0.15, 0.2) is 53.4 Å². The Morgan fingerprint density at radius 2 is 1.71 bits per heavy atom. The molecule has 1 N–H and O–H groups in total. The lowest BCUT2D eigenvalue weighted by Gasteiger charge is -2.12. The van der Waals surface area contributed by atoms with Gasteiger partial charge in [-0.2, -0.15) is 4.52 Å². The van der Waals surface area contributed by atoms with Gasteiger partial charge < -0.3 is 18.9 Å². The van der Waals surface area contributed by atoms with Crippen molar-refractivity contribution in [1.82, 2.24) is 24.5 Å². The predicted octanol–water partition coefficient (Wildman–Crippen LogP) is 2.83. The van der Waals surface area contributed by atoms with Crippen LogP contribution in [0.1, 0.15) is 0 Å². The van der Waals surface area contributed by atoms with Crippen LogP contribution < -0.4 is 23.7 Å². The molecule has 35 heavy (non-hydrogen) atoms. The third kappa shape index (κ3) is 5.24. The first-order valence-corrected chi connectivity index (χ1v) is 12.1. The molecular weight excluding hydrogens is 498 g/mol. The van der Waals surface area contributed by atoms with E-state index in [1.807, 2.05) is 0 Å². The molecule has 0 fully saturated rings. The van der Waals surface area contributed by atoms with E-state index in [0.717, 1.165) is 0 Å². The normalized spacial score (nSPS) is 11.4. The maximum Gasteiger partial charge on any atom is 0.244 e. The summed E-state index contributed by atoms with van der Waals surface area (Å²) < 4.78 is 50.8. The second-order valence-electron chi connectivity index (χ2n) is 7.07. The van der Waals surface area contributed by atoms with Gasteiger partial charge in [-0.05, 0) is 42.5 Å². The molecule has 0 saturated heterocycles. The summed E-state index contributed by atoms with van der Waals surface area (Å²) in [6.07, 6.45) is 0. The Morgan fingerprint density at radius 3 is 2.46 bits per heavy atom. The summed E-state index contributed by atoms with van der Waals surface area (Å²) in [5.74, 6) is 2.05. The van der Waals surface area contributed by atoms with Gasteiger partial charge in [0.15, 0.2) is 11.5 Å². The fourth-order valence-electron chi connectivity index (χ4n) is 3.28. The fourth-order valence-corrected chi connectivity index (χ4v) is 4.72. The molecule has 4 rings (SSSR count). The van der Waals surface area contributed by atoms with Crippen LogP contribution in [0.5, 0.6) is 23.1 Å². The van der Waals surface area contributed by atoms with Gasteiger partial charge in [-0.3, -0.25) is 0 Å². The maximum atomic E-state index is 12.7. The quantitative estimate of drug-likeness (QED) is 0.315. The lowest BCUT2D eigenvalue weighted by molar-refractivity contribution is 0.305. The van der Waals surface area contributed by atoms with Crippen molar-refractivity contribution in [3.8, 4) is 34.5 Å². The van der Waals surface area contributed by atoms with E-state index in [9.17, 15) is 8.42 Å². The molecule has 0 unspecified atom stereocenters. The van der Waals surface area contributed by atoms with E-state index in [-0.39, 0.29) is 34.7 Å². The van der Waals surface area contributed by atoms with Gasteiger partial charge in [0.1, 0.15) is 28.8 Å². The molecule has 0 aliphatic carbocycles. The van der Waals surface area contributed by atoms with Gasteiger partial charge in [0.05, 0.1) is 26.9 Å². The van der Waals surface area contributed by atoms with E-state index in [1.54, 1.807) is 50.6 Å². The summed E-state index contributed by atoms with van der Waals surface area (Å²) in [4.78, 5) is -0.0617. The number of aromatic nitrogens is 4. The van der Waals surface area contributed by atoms with Gasteiger partial charge in [-0.25, -0.2) is 13.1 Å². The van der Waals surface area contributed by atoms with E-state index in [0.29, 0.717) is 28.5 Å². The molecule has 184 valence electrons. The van der Waals surface area contributed by atoms with Crippen LogP contribution in [-0.2, 0) is 10.0 Å². The summed E-state index contributed by atoms with van der Waals surface area (Å²) in [5, 5.41) is 13.1. The molecule has 4 aromatic rings. The van der Waals surface area contributed by atoms with Crippen molar-refractivity contribution in [2.75, 3.05) is 34.5 Å². The van der Waals surface area contributed by atoms with E-state index >= 15 is 0 Å². The van der Waals surface area contributed by atoms with Crippen molar-refractivity contribution in [2.45, 2.75) is 4.90 Å². The number of nitrogens with one attached hydrogen (secondary N) is 1. The van der Waals surface area contributed by atoms with Crippen LogP contribution in [0.25, 0.3) is 17.0 Å². The SMILES string of the molecule is COc1ccc(OC)c(-c2nnc3ccc(OCCNS(=O)(=O)c4cc(Cl)ccc4OC)nn23)c1. The minimum atomic E-state index is -3.87. The highest BCUT2D eigenvalue weighted by Crippen LogP contribution is 2.32. The summed E-state index contributed by atoms with van der Waals surface area (Å²) >= 11 is 5.94. The summed E-state index contributed by atoms with van der Waals surface area (Å²) in [5.41, 5.74) is 1.12. The molecule has 0 saturated carbocycles. The molecule has 0 atom stereocenters. The Balaban J connectivity index is 1.49. The monoisotopic (exact) mass is 519 g/mol. The molecule has 0 aliphatic rings. The second-order valence-corrected chi connectivity index (χ2v) is 9.24. The third-order valence-electron chi connectivity index (χ3n) is 4.95. The molecule has 13 heteroatoms. The molecular formula is C22H22ClN5O6S. The number of ether oxygens (including phenoxy) is 4. The molecule has 0 bridgehead atoms. The van der Waals surface area contributed by atoms with Crippen LogP contribution in [0.2, 0.25) is 5.02 Å². The van der Waals surface area contributed by atoms with Crippen LogP contribution in [0, 0.1) is 0 Å². The Morgan fingerprint density at radius 1 is 0.943 bits per heavy atom. The molecule has 2 aromatic carbocycles. The van der Waals surface area contributed by atoms with E-state index in [1.165, 1.54) is 23.8 Å². The second kappa shape index (κ2) is 10.3. The van der Waals surface area contributed by atoms with Crippen LogP contribution in [-0.4, -0.2) is 62.7 Å². The molecule has 0 radical (unpaired) electrons. The first-order valence-electron chi connectivity index (χ1n) is 10.3. The standard InChI is InChI=1S/C22H22ClN5O6S/c1-31-15-5-7-17(32-2)16(13-15)22-26-25-20-8-9-21(27-28(20)22)34-11-10-24-35(29,30)19-12-14(23)4-6-18(19)33-3/h4-9,12-13,24H,10-11H2,1-3H3. The molecule has 0 spiro atoms. The molecule has 2 heterocycles. The van der Waals surface area contributed by atoms with Crippen molar-refractivity contribution in [1.29, 1.82) is 0 Å². The first-order chi connectivity index (χ1) is 16.9. The Labute approximate surface area is 206 Å². The third-order valence-corrected chi connectivity index (χ3v) is 6.66. The number of rotatable bonds is 10. The Kier molecular flexibility index (Phi) is 7.24. The average Bonchev–Trinajstić information content (AvgIpc) is 3.29. The lowest BCUT2D eigenvalue weighted by atomic mass is 10.2. The van der Waals surface area contributed by atoms with E-state index < -0.39 is 10.0 Å².